The van der Waals surface area contributed by atoms with Gasteiger partial charge in [0, 0.05) is 5.56 Å². The first-order valence-electron chi connectivity index (χ1n) is 10.6. The van der Waals surface area contributed by atoms with Gasteiger partial charge < -0.3 is 19.8 Å². The number of nitrogens with one attached hydrogen (secondary N) is 2. The smallest absolute Gasteiger partial charge is 0.255 e. The Balaban J connectivity index is 0.00000363. The number of Topliss-reactive ketones (excluding diaryl/α,β-unsaturated/α-hetero) is 1. The summed E-state index contributed by atoms with van der Waals surface area (Å²) in [6.45, 7) is 9.03. The van der Waals surface area contributed by atoms with Crippen molar-refractivity contribution in [2.45, 2.75) is 58.7 Å². The van der Waals surface area contributed by atoms with Gasteiger partial charge in [0.2, 0.25) is 5.91 Å². The van der Waals surface area contributed by atoms with Crippen LogP contribution in [0.2, 0.25) is 0 Å². The molecule has 2 amide bonds. The van der Waals surface area contributed by atoms with Gasteiger partial charge in [-0.2, -0.15) is 13.5 Å². The second-order valence-corrected chi connectivity index (χ2v) is 8.67. The Hall–Kier alpha value is -2.58. The predicted molar refractivity (Wildman–Crippen MR) is 127 cm³/mol. The van der Waals surface area contributed by atoms with Crippen LogP contribution in [0.15, 0.2) is 40.8 Å². The lowest BCUT2D eigenvalue weighted by Crippen LogP contribution is -2.60. The van der Waals surface area contributed by atoms with Crippen LogP contribution in [0.4, 0.5) is 0 Å². The van der Waals surface area contributed by atoms with Crippen molar-refractivity contribution < 1.29 is 23.5 Å². The molecule has 3 atom stereocenters. The van der Waals surface area contributed by atoms with Gasteiger partial charge in [0.05, 0.1) is 11.7 Å². The SMILES string of the molecule is Cc1oc(-c2ccccc2)cc1C(=O)N[C@@H](CC(C)C)C(=O)N[C@@]1(C)C(=O)CO[C@@H]1C.S. The molecule has 0 radical (unpaired) electrons. The quantitative estimate of drug-likeness (QED) is 0.660. The molecule has 1 saturated heterocycles. The van der Waals surface area contributed by atoms with Gasteiger partial charge in [-0.15, -0.1) is 0 Å². The Bertz CT molecular complexity index is 972. The zero-order valence-corrected chi connectivity index (χ0v) is 20.2. The molecular weight excluding hydrogens is 428 g/mol. The molecular formula is C24H32N2O5S. The lowest BCUT2D eigenvalue weighted by atomic mass is 9.92. The van der Waals surface area contributed by atoms with E-state index in [2.05, 4.69) is 10.6 Å². The van der Waals surface area contributed by atoms with Gasteiger partial charge in [-0.1, -0.05) is 44.2 Å². The van der Waals surface area contributed by atoms with E-state index in [1.807, 2.05) is 44.2 Å². The standard InChI is InChI=1S/C24H30N2O5.H2S/c1-14(2)11-19(23(29)26-24(5)16(4)30-13-21(24)27)25-22(28)18-12-20(31-15(18)3)17-9-7-6-8-10-17;/h6-10,12,14,16,19H,11,13H2,1-5H3,(H,25,28)(H,26,29);1H2/t16-,19+,24-;/m1./s1. The van der Waals surface area contributed by atoms with Gasteiger partial charge in [0.15, 0.2) is 5.78 Å². The van der Waals surface area contributed by atoms with Gasteiger partial charge in [-0.25, -0.2) is 0 Å². The van der Waals surface area contributed by atoms with Crippen molar-refractivity contribution in [2.75, 3.05) is 6.61 Å². The molecule has 1 aromatic carbocycles. The monoisotopic (exact) mass is 460 g/mol. The van der Waals surface area contributed by atoms with E-state index in [1.54, 1.807) is 26.8 Å². The molecule has 7 nitrogen and oxygen atoms in total. The molecule has 0 aliphatic carbocycles. The Morgan fingerprint density at radius 1 is 1.22 bits per heavy atom. The molecule has 1 fully saturated rings. The van der Waals surface area contributed by atoms with E-state index in [0.717, 1.165) is 5.56 Å². The molecule has 0 saturated carbocycles. The average Bonchev–Trinajstić information content (AvgIpc) is 3.23. The molecule has 3 rings (SSSR count). The highest BCUT2D eigenvalue weighted by Gasteiger charge is 2.47. The minimum absolute atomic E-state index is 0. The number of ether oxygens (including phenoxy) is 1. The first-order chi connectivity index (χ1) is 14.6. The summed E-state index contributed by atoms with van der Waals surface area (Å²) >= 11 is 0. The number of hydrogen-bond donors (Lipinski definition) is 2. The first kappa shape index (κ1) is 25.7. The Morgan fingerprint density at radius 3 is 2.44 bits per heavy atom. The molecule has 0 bridgehead atoms. The second-order valence-electron chi connectivity index (χ2n) is 8.67. The number of furan rings is 1. The summed E-state index contributed by atoms with van der Waals surface area (Å²) in [4.78, 5) is 38.3. The normalized spacial score (nSPS) is 21.2. The topological polar surface area (TPSA) is 97.6 Å². The number of amides is 2. The van der Waals surface area contributed by atoms with E-state index < -0.39 is 29.5 Å². The summed E-state index contributed by atoms with van der Waals surface area (Å²) in [5.74, 6) is 0.238. The highest BCUT2D eigenvalue weighted by molar-refractivity contribution is 7.59. The molecule has 1 aliphatic heterocycles. The van der Waals surface area contributed by atoms with Crippen molar-refractivity contribution in [3.63, 3.8) is 0 Å². The lowest BCUT2D eigenvalue weighted by Gasteiger charge is -2.30. The molecule has 174 valence electrons. The third-order valence-corrected chi connectivity index (χ3v) is 5.79. The second kappa shape index (κ2) is 10.4. The molecule has 2 heterocycles. The molecule has 0 unspecified atom stereocenters. The summed E-state index contributed by atoms with van der Waals surface area (Å²) in [6, 6.07) is 10.4. The van der Waals surface area contributed by atoms with Crippen LogP contribution in [0, 0.1) is 12.8 Å². The third kappa shape index (κ3) is 5.42. The van der Waals surface area contributed by atoms with Gasteiger partial charge in [0.25, 0.3) is 5.91 Å². The number of carbonyl (C=O) groups is 3. The number of rotatable bonds is 7. The van der Waals surface area contributed by atoms with E-state index in [9.17, 15) is 14.4 Å². The molecule has 8 heteroatoms. The third-order valence-electron chi connectivity index (χ3n) is 5.79. The molecule has 2 N–H and O–H groups in total. The maximum Gasteiger partial charge on any atom is 0.255 e. The summed E-state index contributed by atoms with van der Waals surface area (Å²) in [5, 5.41) is 5.64. The van der Waals surface area contributed by atoms with E-state index in [-0.39, 0.29) is 31.8 Å². The van der Waals surface area contributed by atoms with Crippen LogP contribution in [0.3, 0.4) is 0 Å². The first-order valence-corrected chi connectivity index (χ1v) is 10.6. The van der Waals surface area contributed by atoms with Crippen LogP contribution in [0.1, 0.15) is 50.2 Å². The molecule has 2 aromatic rings. The van der Waals surface area contributed by atoms with Crippen molar-refractivity contribution >= 4 is 31.1 Å². The van der Waals surface area contributed by atoms with Crippen molar-refractivity contribution in [1.82, 2.24) is 10.6 Å². The van der Waals surface area contributed by atoms with Gasteiger partial charge in [0.1, 0.15) is 29.7 Å². The number of hydrogen-bond acceptors (Lipinski definition) is 5. The zero-order chi connectivity index (χ0) is 22.8. The fourth-order valence-electron chi connectivity index (χ4n) is 3.65. The molecule has 0 spiro atoms. The fourth-order valence-corrected chi connectivity index (χ4v) is 3.65. The predicted octanol–water partition coefficient (Wildman–Crippen LogP) is 3.38. The minimum Gasteiger partial charge on any atom is -0.461 e. The van der Waals surface area contributed by atoms with E-state index >= 15 is 0 Å². The average molecular weight is 461 g/mol. The number of ketones is 1. The van der Waals surface area contributed by atoms with E-state index in [4.69, 9.17) is 9.15 Å². The van der Waals surface area contributed by atoms with E-state index in [1.165, 1.54) is 0 Å². The van der Waals surface area contributed by atoms with E-state index in [0.29, 0.717) is 23.5 Å². The lowest BCUT2D eigenvalue weighted by molar-refractivity contribution is -0.130. The summed E-state index contributed by atoms with van der Waals surface area (Å²) < 4.78 is 11.2. The Labute approximate surface area is 195 Å². The zero-order valence-electron chi connectivity index (χ0n) is 19.2. The summed E-state index contributed by atoms with van der Waals surface area (Å²) in [7, 11) is 0. The molecule has 1 aromatic heterocycles. The van der Waals surface area contributed by atoms with Crippen LogP contribution >= 0.6 is 13.5 Å². The van der Waals surface area contributed by atoms with Crippen LogP contribution in [-0.4, -0.2) is 41.9 Å². The molecule has 1 aliphatic rings. The van der Waals surface area contributed by atoms with Crippen molar-refractivity contribution in [3.05, 3.63) is 47.7 Å². The fraction of sp³-hybridized carbons (Fsp3) is 0.458. The van der Waals surface area contributed by atoms with Crippen LogP contribution < -0.4 is 10.6 Å². The maximum absolute atomic E-state index is 13.1. The Kier molecular flexibility index (Phi) is 8.31. The largest absolute Gasteiger partial charge is 0.461 e. The summed E-state index contributed by atoms with van der Waals surface area (Å²) in [5.41, 5.74) is 0.131. The number of benzene rings is 1. The highest BCUT2D eigenvalue weighted by atomic mass is 32.1. The van der Waals surface area contributed by atoms with Crippen LogP contribution in [0.25, 0.3) is 11.3 Å². The van der Waals surface area contributed by atoms with Crippen molar-refractivity contribution in [3.8, 4) is 11.3 Å². The van der Waals surface area contributed by atoms with Crippen molar-refractivity contribution in [1.29, 1.82) is 0 Å². The van der Waals surface area contributed by atoms with Crippen LogP contribution in [0.5, 0.6) is 0 Å². The van der Waals surface area contributed by atoms with Crippen molar-refractivity contribution in [2.24, 2.45) is 5.92 Å². The number of carbonyl (C=O) groups excluding carboxylic acids is 3. The minimum atomic E-state index is -1.11. The summed E-state index contributed by atoms with van der Waals surface area (Å²) in [6.07, 6.45) is -0.0108. The van der Waals surface area contributed by atoms with Gasteiger partial charge in [-0.05, 0) is 39.2 Å². The highest BCUT2D eigenvalue weighted by Crippen LogP contribution is 2.26. The Morgan fingerprint density at radius 2 is 1.88 bits per heavy atom. The maximum atomic E-state index is 13.1. The van der Waals surface area contributed by atoms with Gasteiger partial charge >= 0.3 is 0 Å². The molecule has 32 heavy (non-hydrogen) atoms. The van der Waals surface area contributed by atoms with Crippen LogP contribution in [-0.2, 0) is 14.3 Å². The van der Waals surface area contributed by atoms with Gasteiger partial charge in [-0.3, -0.25) is 14.4 Å². The number of aryl methyl sites for hydroxylation is 1.